The van der Waals surface area contributed by atoms with Crippen LogP contribution in [0.2, 0.25) is 0 Å². The largest absolute Gasteiger partial charge is 0.506 e. The van der Waals surface area contributed by atoms with Gasteiger partial charge in [-0.15, -0.1) is 11.3 Å². The van der Waals surface area contributed by atoms with Crippen LogP contribution in [0.5, 0.6) is 11.5 Å². The van der Waals surface area contributed by atoms with E-state index in [0.29, 0.717) is 11.5 Å². The maximum absolute atomic E-state index is 10.0. The molecule has 2 aromatic carbocycles. The van der Waals surface area contributed by atoms with Crippen LogP contribution in [-0.2, 0) is 0 Å². The van der Waals surface area contributed by atoms with Crippen LogP contribution in [-0.4, -0.2) is 22.2 Å². The third-order valence-electron chi connectivity index (χ3n) is 3.93. The van der Waals surface area contributed by atoms with Crippen molar-refractivity contribution in [2.45, 2.75) is 0 Å². The first-order valence-corrected chi connectivity index (χ1v) is 8.56. The van der Waals surface area contributed by atoms with Gasteiger partial charge >= 0.3 is 0 Å². The second-order valence-corrected chi connectivity index (χ2v) is 6.28. The first-order chi connectivity index (χ1) is 12.3. The summed E-state index contributed by atoms with van der Waals surface area (Å²) in [5, 5.41) is 16.2. The summed E-state index contributed by atoms with van der Waals surface area (Å²) < 4.78 is 5.23. The predicted molar refractivity (Wildman–Crippen MR) is 101 cm³/mol. The summed E-state index contributed by atoms with van der Waals surface area (Å²) in [5.74, 6) is 1.65. The van der Waals surface area contributed by atoms with Crippen molar-refractivity contribution in [3.63, 3.8) is 0 Å². The molecule has 0 saturated heterocycles. The lowest BCUT2D eigenvalue weighted by Gasteiger charge is -2.10. The molecule has 124 valence electrons. The Kier molecular flexibility index (Phi) is 3.95. The SMILES string of the molecule is COc1ccc(-c2csc3ncnc(Nc4ccccc4O)c23)cc1. The van der Waals surface area contributed by atoms with Gasteiger partial charge in [-0.05, 0) is 29.8 Å². The molecule has 5 nitrogen and oxygen atoms in total. The lowest BCUT2D eigenvalue weighted by molar-refractivity contribution is 0.415. The van der Waals surface area contributed by atoms with Crippen molar-refractivity contribution in [2.24, 2.45) is 0 Å². The third-order valence-corrected chi connectivity index (χ3v) is 4.81. The quantitative estimate of drug-likeness (QED) is 0.517. The van der Waals surface area contributed by atoms with Crippen molar-refractivity contribution in [1.82, 2.24) is 9.97 Å². The van der Waals surface area contributed by atoms with E-state index < -0.39 is 0 Å². The van der Waals surface area contributed by atoms with Crippen molar-refractivity contribution in [3.8, 4) is 22.6 Å². The zero-order valence-electron chi connectivity index (χ0n) is 13.4. The van der Waals surface area contributed by atoms with E-state index in [9.17, 15) is 5.11 Å². The number of aromatic nitrogens is 2. The summed E-state index contributed by atoms with van der Waals surface area (Å²) >= 11 is 1.56. The van der Waals surface area contributed by atoms with Crippen molar-refractivity contribution in [3.05, 3.63) is 60.2 Å². The summed E-state index contributed by atoms with van der Waals surface area (Å²) in [5.41, 5.74) is 2.71. The number of fused-ring (bicyclic) bond motifs is 1. The molecule has 6 heteroatoms. The molecule has 0 fully saturated rings. The maximum Gasteiger partial charge on any atom is 0.143 e. The first-order valence-electron chi connectivity index (χ1n) is 7.68. The second kappa shape index (κ2) is 6.41. The van der Waals surface area contributed by atoms with E-state index in [1.165, 1.54) is 6.33 Å². The summed E-state index contributed by atoms with van der Waals surface area (Å²) in [6, 6.07) is 15.0. The predicted octanol–water partition coefficient (Wildman–Crippen LogP) is 4.82. The monoisotopic (exact) mass is 349 g/mol. The topological polar surface area (TPSA) is 67.3 Å². The average molecular weight is 349 g/mol. The molecule has 0 radical (unpaired) electrons. The van der Waals surface area contributed by atoms with E-state index in [2.05, 4.69) is 20.7 Å². The van der Waals surface area contributed by atoms with Crippen LogP contribution in [0, 0.1) is 0 Å². The zero-order chi connectivity index (χ0) is 17.2. The van der Waals surface area contributed by atoms with Crippen LogP contribution < -0.4 is 10.1 Å². The number of ether oxygens (including phenoxy) is 1. The van der Waals surface area contributed by atoms with E-state index >= 15 is 0 Å². The fourth-order valence-corrected chi connectivity index (χ4v) is 3.58. The molecule has 0 spiro atoms. The number of rotatable bonds is 4. The van der Waals surface area contributed by atoms with Gasteiger partial charge in [0, 0.05) is 10.9 Å². The normalized spacial score (nSPS) is 10.8. The molecular formula is C19H15N3O2S. The Morgan fingerprint density at radius 1 is 1.04 bits per heavy atom. The summed E-state index contributed by atoms with van der Waals surface area (Å²) in [6.07, 6.45) is 1.53. The number of para-hydroxylation sites is 2. The third kappa shape index (κ3) is 2.88. The number of benzene rings is 2. The number of methoxy groups -OCH3 is 1. The molecule has 0 bridgehead atoms. The number of anilines is 2. The molecule has 4 rings (SSSR count). The van der Waals surface area contributed by atoms with Crippen molar-refractivity contribution < 1.29 is 9.84 Å². The van der Waals surface area contributed by atoms with Crippen LogP contribution in [0.4, 0.5) is 11.5 Å². The molecule has 0 amide bonds. The van der Waals surface area contributed by atoms with Crippen LogP contribution in [0.25, 0.3) is 21.3 Å². The van der Waals surface area contributed by atoms with Gasteiger partial charge in [0.25, 0.3) is 0 Å². The highest BCUT2D eigenvalue weighted by atomic mass is 32.1. The zero-order valence-corrected chi connectivity index (χ0v) is 14.2. The number of nitrogens with zero attached hydrogens (tertiary/aromatic N) is 2. The van der Waals surface area contributed by atoms with E-state index in [4.69, 9.17) is 4.74 Å². The van der Waals surface area contributed by atoms with E-state index in [0.717, 1.165) is 27.1 Å². The Hall–Kier alpha value is -3.12. The highest BCUT2D eigenvalue weighted by Gasteiger charge is 2.14. The van der Waals surface area contributed by atoms with Gasteiger partial charge in [0.15, 0.2) is 0 Å². The molecular weight excluding hydrogens is 334 g/mol. The van der Waals surface area contributed by atoms with Gasteiger partial charge in [0.05, 0.1) is 18.2 Å². The van der Waals surface area contributed by atoms with Gasteiger partial charge in [-0.1, -0.05) is 24.3 Å². The average Bonchev–Trinajstić information content (AvgIpc) is 3.09. The van der Waals surface area contributed by atoms with Crippen LogP contribution in [0.3, 0.4) is 0 Å². The Morgan fingerprint density at radius 2 is 1.84 bits per heavy atom. The Labute approximate surface area is 148 Å². The minimum Gasteiger partial charge on any atom is -0.506 e. The highest BCUT2D eigenvalue weighted by molar-refractivity contribution is 7.17. The van der Waals surface area contributed by atoms with Crippen molar-refractivity contribution in [1.29, 1.82) is 0 Å². The molecule has 2 aromatic heterocycles. The number of hydrogen-bond donors (Lipinski definition) is 2. The van der Waals surface area contributed by atoms with Crippen LogP contribution in [0.1, 0.15) is 0 Å². The molecule has 0 atom stereocenters. The van der Waals surface area contributed by atoms with Gasteiger partial charge in [-0.25, -0.2) is 9.97 Å². The molecule has 2 N–H and O–H groups in total. The smallest absolute Gasteiger partial charge is 0.143 e. The number of nitrogens with one attached hydrogen (secondary N) is 1. The van der Waals surface area contributed by atoms with Crippen molar-refractivity contribution >= 4 is 33.1 Å². The molecule has 0 aliphatic carbocycles. The summed E-state index contributed by atoms with van der Waals surface area (Å²) in [7, 11) is 1.65. The Bertz CT molecular complexity index is 1030. The van der Waals surface area contributed by atoms with Crippen LogP contribution >= 0.6 is 11.3 Å². The molecule has 2 heterocycles. The van der Waals surface area contributed by atoms with Gasteiger partial charge < -0.3 is 15.2 Å². The van der Waals surface area contributed by atoms with Gasteiger partial charge in [-0.3, -0.25) is 0 Å². The standard InChI is InChI=1S/C19H15N3O2S/c1-24-13-8-6-12(7-9-13)14-10-25-19-17(14)18(20-11-21-19)22-15-4-2-3-5-16(15)23/h2-11,23H,1H3,(H,20,21,22). The fraction of sp³-hybridized carbons (Fsp3) is 0.0526. The molecule has 4 aromatic rings. The van der Waals surface area contributed by atoms with Gasteiger partial charge in [0.2, 0.25) is 0 Å². The minimum absolute atomic E-state index is 0.176. The number of aromatic hydroxyl groups is 1. The molecule has 0 aliphatic rings. The van der Waals surface area contributed by atoms with E-state index in [1.807, 2.05) is 36.4 Å². The van der Waals surface area contributed by atoms with Gasteiger partial charge in [0.1, 0.15) is 28.5 Å². The Balaban J connectivity index is 1.82. The number of phenols is 1. The van der Waals surface area contributed by atoms with E-state index in [1.54, 1.807) is 30.6 Å². The number of hydrogen-bond acceptors (Lipinski definition) is 6. The molecule has 25 heavy (non-hydrogen) atoms. The molecule has 0 aliphatic heterocycles. The lowest BCUT2D eigenvalue weighted by Crippen LogP contribution is -1.95. The minimum atomic E-state index is 0.176. The second-order valence-electron chi connectivity index (χ2n) is 5.42. The van der Waals surface area contributed by atoms with Crippen molar-refractivity contribution in [2.75, 3.05) is 12.4 Å². The molecule has 0 saturated carbocycles. The maximum atomic E-state index is 10.0. The lowest BCUT2D eigenvalue weighted by atomic mass is 10.1. The van der Waals surface area contributed by atoms with E-state index in [-0.39, 0.29) is 5.75 Å². The first kappa shape index (κ1) is 15.4. The van der Waals surface area contributed by atoms with Crippen LogP contribution in [0.15, 0.2) is 60.2 Å². The fourth-order valence-electron chi connectivity index (χ4n) is 2.66. The highest BCUT2D eigenvalue weighted by Crippen LogP contribution is 2.38. The number of phenolic OH excluding ortho intramolecular Hbond substituents is 1. The molecule has 0 unspecified atom stereocenters. The summed E-state index contributed by atoms with van der Waals surface area (Å²) in [4.78, 5) is 9.64. The van der Waals surface area contributed by atoms with Gasteiger partial charge in [-0.2, -0.15) is 0 Å². The number of thiophene rings is 1. The Morgan fingerprint density at radius 3 is 2.60 bits per heavy atom. The summed E-state index contributed by atoms with van der Waals surface area (Å²) in [6.45, 7) is 0.